The normalized spacial score (nSPS) is 13.4. The van der Waals surface area contributed by atoms with Gasteiger partial charge in [-0.25, -0.2) is 0 Å². The lowest BCUT2D eigenvalue weighted by atomic mass is 9.83. The molecular formula is C10H18N2O. The highest BCUT2D eigenvalue weighted by atomic mass is 16.5. The van der Waals surface area contributed by atoms with Gasteiger partial charge in [0.15, 0.2) is 0 Å². The Morgan fingerprint density at radius 3 is 2.08 bits per heavy atom. The summed E-state index contributed by atoms with van der Waals surface area (Å²) >= 11 is 0. The number of aromatic nitrogens is 1. The quantitative estimate of drug-likeness (QED) is 0.724. The molecule has 1 aromatic rings. The minimum absolute atomic E-state index is 0.0337. The van der Waals surface area contributed by atoms with E-state index < -0.39 is 5.54 Å². The van der Waals surface area contributed by atoms with Crippen LogP contribution in [0.4, 0.5) is 0 Å². The number of nitrogens with two attached hydrogens (primary N) is 1. The van der Waals surface area contributed by atoms with Crippen LogP contribution in [0, 0.1) is 0 Å². The topological polar surface area (TPSA) is 52.0 Å². The number of nitrogens with zero attached hydrogens (tertiary/aromatic N) is 1. The summed E-state index contributed by atoms with van der Waals surface area (Å²) in [7, 11) is 0. The molecule has 2 N–H and O–H groups in total. The van der Waals surface area contributed by atoms with Crippen LogP contribution in [0.3, 0.4) is 0 Å². The maximum absolute atomic E-state index is 5.98. The zero-order valence-corrected chi connectivity index (χ0v) is 9.01. The second-order valence-corrected chi connectivity index (χ2v) is 5.05. The predicted octanol–water partition coefficient (Wildman–Crippen LogP) is 2.17. The monoisotopic (exact) mass is 182 g/mol. The standard InChI is InChI=1S/C10H18N2O/c1-9(2,3)7-6-13-12-8(7)10(4,5)11/h6H,11H2,1-5H3. The van der Waals surface area contributed by atoms with Gasteiger partial charge in [0.2, 0.25) is 0 Å². The summed E-state index contributed by atoms with van der Waals surface area (Å²) in [6.45, 7) is 10.2. The highest BCUT2D eigenvalue weighted by Gasteiger charge is 2.28. The summed E-state index contributed by atoms with van der Waals surface area (Å²) in [6.07, 6.45) is 1.68. The minimum Gasteiger partial charge on any atom is -0.364 e. The molecule has 13 heavy (non-hydrogen) atoms. The Morgan fingerprint density at radius 2 is 1.77 bits per heavy atom. The van der Waals surface area contributed by atoms with Crippen molar-refractivity contribution in [3.05, 3.63) is 17.5 Å². The van der Waals surface area contributed by atoms with E-state index >= 15 is 0 Å². The molecule has 0 bridgehead atoms. The molecule has 0 amide bonds. The van der Waals surface area contributed by atoms with Crippen LogP contribution in [0.2, 0.25) is 0 Å². The van der Waals surface area contributed by atoms with Gasteiger partial charge >= 0.3 is 0 Å². The van der Waals surface area contributed by atoms with Gasteiger partial charge in [0.05, 0.1) is 5.54 Å². The van der Waals surface area contributed by atoms with Crippen LogP contribution >= 0.6 is 0 Å². The molecule has 1 heterocycles. The molecule has 0 spiro atoms. The summed E-state index contributed by atoms with van der Waals surface area (Å²) in [4.78, 5) is 0. The van der Waals surface area contributed by atoms with Crippen LogP contribution in [0.25, 0.3) is 0 Å². The molecule has 0 saturated carbocycles. The van der Waals surface area contributed by atoms with Crippen LogP contribution in [0.15, 0.2) is 10.8 Å². The average Bonchev–Trinajstić information content (AvgIpc) is 2.27. The largest absolute Gasteiger partial charge is 0.364 e. The first-order valence-electron chi connectivity index (χ1n) is 4.47. The van der Waals surface area contributed by atoms with E-state index in [1.54, 1.807) is 6.26 Å². The SMILES string of the molecule is CC(C)(C)c1conc1C(C)(C)N. The van der Waals surface area contributed by atoms with Crippen molar-refractivity contribution in [1.82, 2.24) is 5.16 Å². The molecule has 0 saturated heterocycles. The van der Waals surface area contributed by atoms with E-state index in [1.807, 2.05) is 13.8 Å². The van der Waals surface area contributed by atoms with E-state index in [2.05, 4.69) is 25.9 Å². The Bertz CT molecular complexity index is 260. The molecule has 0 aliphatic carbocycles. The Balaban J connectivity index is 3.19. The third-order valence-electron chi connectivity index (χ3n) is 1.99. The summed E-state index contributed by atoms with van der Waals surface area (Å²) in [5, 5.41) is 3.95. The fourth-order valence-corrected chi connectivity index (χ4v) is 1.23. The van der Waals surface area contributed by atoms with Crippen molar-refractivity contribution in [2.45, 2.75) is 45.6 Å². The fraction of sp³-hybridized carbons (Fsp3) is 0.700. The van der Waals surface area contributed by atoms with Crippen LogP contribution in [0.1, 0.15) is 45.9 Å². The first kappa shape index (κ1) is 10.3. The van der Waals surface area contributed by atoms with E-state index in [0.29, 0.717) is 0 Å². The molecule has 0 unspecified atom stereocenters. The van der Waals surface area contributed by atoms with Gasteiger partial charge in [0, 0.05) is 5.56 Å². The first-order chi connectivity index (χ1) is 5.73. The number of hydrogen-bond donors (Lipinski definition) is 1. The highest BCUT2D eigenvalue weighted by molar-refractivity contribution is 5.28. The summed E-state index contributed by atoms with van der Waals surface area (Å²) in [5.41, 5.74) is 7.51. The van der Waals surface area contributed by atoms with Crippen molar-refractivity contribution in [2.24, 2.45) is 5.73 Å². The number of hydrogen-bond acceptors (Lipinski definition) is 3. The molecule has 74 valence electrons. The van der Waals surface area contributed by atoms with Gasteiger partial charge in [0.1, 0.15) is 12.0 Å². The van der Waals surface area contributed by atoms with E-state index in [0.717, 1.165) is 11.3 Å². The zero-order chi connectivity index (χ0) is 10.3. The minimum atomic E-state index is -0.435. The third kappa shape index (κ3) is 2.10. The highest BCUT2D eigenvalue weighted by Crippen LogP contribution is 2.30. The van der Waals surface area contributed by atoms with Crippen LogP contribution in [-0.2, 0) is 11.0 Å². The smallest absolute Gasteiger partial charge is 0.127 e. The average molecular weight is 182 g/mol. The van der Waals surface area contributed by atoms with Gasteiger partial charge in [-0.15, -0.1) is 0 Å². The fourth-order valence-electron chi connectivity index (χ4n) is 1.23. The Hall–Kier alpha value is -0.830. The van der Waals surface area contributed by atoms with E-state index in [4.69, 9.17) is 10.3 Å². The molecule has 1 aromatic heterocycles. The molecular weight excluding hydrogens is 164 g/mol. The van der Waals surface area contributed by atoms with Gasteiger partial charge in [0.25, 0.3) is 0 Å². The molecule has 3 heteroatoms. The zero-order valence-electron chi connectivity index (χ0n) is 9.01. The molecule has 0 aliphatic heterocycles. The third-order valence-corrected chi connectivity index (χ3v) is 1.99. The van der Waals surface area contributed by atoms with Gasteiger partial charge in [-0.3, -0.25) is 0 Å². The molecule has 0 fully saturated rings. The van der Waals surface area contributed by atoms with Crippen molar-refractivity contribution in [3.63, 3.8) is 0 Å². The van der Waals surface area contributed by atoms with Crippen molar-refractivity contribution in [3.8, 4) is 0 Å². The van der Waals surface area contributed by atoms with Crippen molar-refractivity contribution >= 4 is 0 Å². The van der Waals surface area contributed by atoms with Crippen LogP contribution < -0.4 is 5.73 Å². The molecule has 0 atom stereocenters. The summed E-state index contributed by atoms with van der Waals surface area (Å²) in [5.74, 6) is 0. The lowest BCUT2D eigenvalue weighted by Gasteiger charge is -2.23. The number of rotatable bonds is 1. The second-order valence-electron chi connectivity index (χ2n) is 5.05. The van der Waals surface area contributed by atoms with Gasteiger partial charge in [-0.1, -0.05) is 25.9 Å². The summed E-state index contributed by atoms with van der Waals surface area (Å²) in [6, 6.07) is 0. The van der Waals surface area contributed by atoms with E-state index in [9.17, 15) is 0 Å². The van der Waals surface area contributed by atoms with Gasteiger partial charge in [-0.05, 0) is 19.3 Å². The maximum Gasteiger partial charge on any atom is 0.127 e. The second kappa shape index (κ2) is 2.84. The Morgan fingerprint density at radius 1 is 1.23 bits per heavy atom. The van der Waals surface area contributed by atoms with Gasteiger partial charge < -0.3 is 10.3 Å². The Labute approximate surface area is 79.3 Å². The first-order valence-corrected chi connectivity index (χ1v) is 4.47. The Kier molecular flexibility index (Phi) is 2.24. The maximum atomic E-state index is 5.98. The molecule has 0 aliphatic rings. The summed E-state index contributed by atoms with van der Waals surface area (Å²) < 4.78 is 4.97. The molecule has 0 aromatic carbocycles. The lowest BCUT2D eigenvalue weighted by molar-refractivity contribution is 0.388. The van der Waals surface area contributed by atoms with Crippen LogP contribution in [0.5, 0.6) is 0 Å². The van der Waals surface area contributed by atoms with E-state index in [1.165, 1.54) is 0 Å². The molecule has 0 radical (unpaired) electrons. The predicted molar refractivity (Wildman–Crippen MR) is 52.4 cm³/mol. The van der Waals surface area contributed by atoms with Crippen molar-refractivity contribution in [1.29, 1.82) is 0 Å². The van der Waals surface area contributed by atoms with Gasteiger partial charge in [-0.2, -0.15) is 0 Å². The molecule has 1 rings (SSSR count). The van der Waals surface area contributed by atoms with Crippen LogP contribution in [-0.4, -0.2) is 5.16 Å². The van der Waals surface area contributed by atoms with E-state index in [-0.39, 0.29) is 5.41 Å². The van der Waals surface area contributed by atoms with Crippen molar-refractivity contribution in [2.75, 3.05) is 0 Å². The molecule has 3 nitrogen and oxygen atoms in total. The lowest BCUT2D eigenvalue weighted by Crippen LogP contribution is -2.32. The van der Waals surface area contributed by atoms with Crippen molar-refractivity contribution < 1.29 is 4.52 Å².